The molecule has 3 heteroatoms. The molecular weight excluding hydrogens is 482 g/mol. The molecule has 208 valence electrons. The third-order valence-electron chi connectivity index (χ3n) is 7.45. The van der Waals surface area contributed by atoms with Crippen molar-refractivity contribution in [1.82, 2.24) is 0 Å². The van der Waals surface area contributed by atoms with Gasteiger partial charge in [-0.25, -0.2) is 0 Å². The monoisotopic (exact) mass is 546 g/mol. The van der Waals surface area contributed by atoms with Crippen molar-refractivity contribution >= 4 is 0 Å². The average Bonchev–Trinajstić information content (AvgIpc) is 2.87. The maximum absolute atomic E-state index is 5.83. The topological polar surface area (TPSA) is 18.5 Å². The molecular formula is C32H66O2Zn. The van der Waals surface area contributed by atoms with Crippen molar-refractivity contribution in [1.29, 1.82) is 0 Å². The van der Waals surface area contributed by atoms with E-state index in [9.17, 15) is 0 Å². The van der Waals surface area contributed by atoms with Crippen LogP contribution in [0.15, 0.2) is 0 Å². The van der Waals surface area contributed by atoms with Crippen molar-refractivity contribution in [3.8, 4) is 0 Å². The zero-order chi connectivity index (χ0) is 25.3. The summed E-state index contributed by atoms with van der Waals surface area (Å²) in [6.07, 6.45) is 39.7. The molecule has 0 aliphatic heterocycles. The van der Waals surface area contributed by atoms with Crippen molar-refractivity contribution in [2.75, 3.05) is 13.2 Å². The molecule has 0 aliphatic carbocycles. The van der Waals surface area contributed by atoms with Crippen LogP contribution in [0.1, 0.15) is 194 Å². The summed E-state index contributed by atoms with van der Waals surface area (Å²) in [7, 11) is 0. The van der Waals surface area contributed by atoms with Gasteiger partial charge in [-0.3, -0.25) is 0 Å². The Morgan fingerprint density at radius 3 is 0.714 bits per heavy atom. The van der Waals surface area contributed by atoms with E-state index in [1.807, 2.05) is 0 Å². The quantitative estimate of drug-likeness (QED) is 0.0615. The molecule has 0 aromatic rings. The van der Waals surface area contributed by atoms with Gasteiger partial charge in [0.15, 0.2) is 0 Å². The molecule has 0 heterocycles. The number of unbranched alkanes of at least 4 members (excludes halogenated alkanes) is 26. The summed E-state index contributed by atoms with van der Waals surface area (Å²) in [5.41, 5.74) is 0. The van der Waals surface area contributed by atoms with Crippen LogP contribution in [0.3, 0.4) is 0 Å². The fraction of sp³-hybridized carbons (Fsp3) is 1.00. The van der Waals surface area contributed by atoms with Crippen LogP contribution in [0.4, 0.5) is 0 Å². The molecule has 0 saturated carbocycles. The second kappa shape index (κ2) is 34.5. The molecule has 2 nitrogen and oxygen atoms in total. The first-order valence-electron chi connectivity index (χ1n) is 16.6. The minimum absolute atomic E-state index is 0.955. The van der Waals surface area contributed by atoms with Crippen molar-refractivity contribution < 1.29 is 25.0 Å². The fourth-order valence-corrected chi connectivity index (χ4v) is 6.57. The third-order valence-corrected chi connectivity index (χ3v) is 9.36. The molecule has 0 atom stereocenters. The van der Waals surface area contributed by atoms with E-state index in [2.05, 4.69) is 13.8 Å². The Balaban J connectivity index is 3.00. The molecule has 0 spiro atoms. The van der Waals surface area contributed by atoms with Gasteiger partial charge in [-0.1, -0.05) is 65.2 Å². The summed E-state index contributed by atoms with van der Waals surface area (Å²) in [5.74, 6) is 0. The average molecular weight is 548 g/mol. The zero-order valence-electron chi connectivity index (χ0n) is 24.7. The van der Waals surface area contributed by atoms with Gasteiger partial charge in [0.05, 0.1) is 0 Å². The summed E-state index contributed by atoms with van der Waals surface area (Å²) in [5, 5.41) is 0. The van der Waals surface area contributed by atoms with Gasteiger partial charge in [0.25, 0.3) is 0 Å². The molecule has 0 aliphatic rings. The van der Waals surface area contributed by atoms with Crippen LogP contribution in [-0.2, 0) is 25.0 Å². The predicted octanol–water partition coefficient (Wildman–Crippen LogP) is 11.9. The first-order chi connectivity index (χ1) is 17.4. The van der Waals surface area contributed by atoms with Crippen LogP contribution in [0.2, 0.25) is 0 Å². The Morgan fingerprint density at radius 1 is 0.286 bits per heavy atom. The standard InChI is InChI=1S/2C16H33O.Zn/c2*1-2-3-4-5-6-7-8-9-10-11-12-13-14-15-16-17;/h2*2-16H2,1H3;/q2*-1;+2. The minimum atomic E-state index is -1.14. The molecule has 0 amide bonds. The van der Waals surface area contributed by atoms with Crippen LogP contribution in [0.5, 0.6) is 0 Å². The molecule has 0 fully saturated rings. The summed E-state index contributed by atoms with van der Waals surface area (Å²) in [6, 6.07) is 0. The van der Waals surface area contributed by atoms with Gasteiger partial charge in [-0.15, -0.1) is 0 Å². The molecule has 0 aromatic carbocycles. The molecule has 0 bridgehead atoms. The van der Waals surface area contributed by atoms with Crippen molar-refractivity contribution in [2.24, 2.45) is 0 Å². The molecule has 0 unspecified atom stereocenters. The fourth-order valence-electron chi connectivity index (χ4n) is 4.97. The third kappa shape index (κ3) is 34.5. The van der Waals surface area contributed by atoms with Crippen LogP contribution < -0.4 is 0 Å². The summed E-state index contributed by atoms with van der Waals surface area (Å²) in [4.78, 5) is 0. The van der Waals surface area contributed by atoms with Gasteiger partial charge >= 0.3 is 167 Å². The Hall–Kier alpha value is 0.543. The second-order valence-corrected chi connectivity index (χ2v) is 13.3. The summed E-state index contributed by atoms with van der Waals surface area (Å²) < 4.78 is 11.7. The number of hydrogen-bond acceptors (Lipinski definition) is 2. The van der Waals surface area contributed by atoms with Crippen LogP contribution in [0, 0.1) is 0 Å². The van der Waals surface area contributed by atoms with Gasteiger partial charge in [0, 0.05) is 0 Å². The second-order valence-electron chi connectivity index (χ2n) is 11.1. The molecule has 35 heavy (non-hydrogen) atoms. The smallest absolute Gasteiger partial charge is 0.0654 e. The van der Waals surface area contributed by atoms with E-state index in [-0.39, 0.29) is 0 Å². The normalized spacial score (nSPS) is 11.3. The maximum atomic E-state index is 5.83. The number of rotatable bonds is 32. The zero-order valence-corrected chi connectivity index (χ0v) is 27.7. The molecule has 0 N–H and O–H groups in total. The molecule has 0 rings (SSSR count). The van der Waals surface area contributed by atoms with E-state index in [1.54, 1.807) is 0 Å². The minimum Gasteiger partial charge on any atom is -0.0654 e. The van der Waals surface area contributed by atoms with E-state index in [1.165, 1.54) is 180 Å². The van der Waals surface area contributed by atoms with Gasteiger partial charge in [0.2, 0.25) is 0 Å². The van der Waals surface area contributed by atoms with Gasteiger partial charge in [-0.05, 0) is 0 Å². The van der Waals surface area contributed by atoms with Gasteiger partial charge in [0.1, 0.15) is 0 Å². The predicted molar refractivity (Wildman–Crippen MR) is 153 cm³/mol. The SMILES string of the molecule is CCCCCCCCCCCCCCCC[O][Zn][O]CCCCCCCCCCCCCCCC. The van der Waals surface area contributed by atoms with Gasteiger partial charge < -0.3 is 0 Å². The molecule has 0 saturated heterocycles. The van der Waals surface area contributed by atoms with E-state index in [0.29, 0.717) is 0 Å². The summed E-state index contributed by atoms with van der Waals surface area (Å²) in [6.45, 7) is 6.51. The molecule has 0 radical (unpaired) electrons. The van der Waals surface area contributed by atoms with E-state index in [0.717, 1.165) is 13.2 Å². The molecule has 0 aromatic heterocycles. The van der Waals surface area contributed by atoms with Crippen molar-refractivity contribution in [2.45, 2.75) is 194 Å². The van der Waals surface area contributed by atoms with Crippen molar-refractivity contribution in [3.05, 3.63) is 0 Å². The Labute approximate surface area is 231 Å². The number of hydrogen-bond donors (Lipinski definition) is 0. The Kier molecular flexibility index (Phi) is 35.1. The van der Waals surface area contributed by atoms with Crippen molar-refractivity contribution in [3.63, 3.8) is 0 Å². The van der Waals surface area contributed by atoms with Crippen LogP contribution in [-0.4, -0.2) is 13.2 Å². The first kappa shape index (κ1) is 35.5. The van der Waals surface area contributed by atoms with Crippen LogP contribution >= 0.6 is 0 Å². The van der Waals surface area contributed by atoms with Crippen LogP contribution in [0.25, 0.3) is 0 Å². The Morgan fingerprint density at radius 2 is 0.486 bits per heavy atom. The summed E-state index contributed by atoms with van der Waals surface area (Å²) >= 11 is -1.14. The van der Waals surface area contributed by atoms with E-state index in [4.69, 9.17) is 7.13 Å². The Bertz CT molecular complexity index is 318. The van der Waals surface area contributed by atoms with E-state index >= 15 is 0 Å². The van der Waals surface area contributed by atoms with Gasteiger partial charge in [-0.2, -0.15) is 0 Å². The van der Waals surface area contributed by atoms with E-state index < -0.39 is 17.8 Å². The first-order valence-corrected chi connectivity index (χ1v) is 19.0.